The van der Waals surface area contributed by atoms with Gasteiger partial charge in [0.1, 0.15) is 5.69 Å². The van der Waals surface area contributed by atoms with E-state index in [1.165, 1.54) is 16.8 Å². The van der Waals surface area contributed by atoms with Crippen molar-refractivity contribution >= 4 is 5.95 Å². The van der Waals surface area contributed by atoms with E-state index >= 15 is 0 Å². The van der Waals surface area contributed by atoms with Crippen molar-refractivity contribution in [2.75, 3.05) is 5.32 Å². The smallest absolute Gasteiger partial charge is 0.255 e. The summed E-state index contributed by atoms with van der Waals surface area (Å²) in [5, 5.41) is 3.29. The summed E-state index contributed by atoms with van der Waals surface area (Å²) in [7, 11) is 0. The first-order valence-corrected chi connectivity index (χ1v) is 9.43. The van der Waals surface area contributed by atoms with Crippen molar-refractivity contribution in [1.29, 1.82) is 0 Å². The van der Waals surface area contributed by atoms with Crippen molar-refractivity contribution in [1.82, 2.24) is 14.5 Å². The number of nitrogens with zero attached hydrogens (tertiary/aromatic N) is 3. The predicted octanol–water partition coefficient (Wildman–Crippen LogP) is 3.12. The summed E-state index contributed by atoms with van der Waals surface area (Å²) in [4.78, 5) is 20.6. The molecule has 2 aromatic heterocycles. The van der Waals surface area contributed by atoms with Crippen molar-refractivity contribution in [2.45, 2.75) is 37.8 Å². The van der Waals surface area contributed by atoms with Gasteiger partial charge >= 0.3 is 0 Å². The number of hydrogen-bond acceptors (Lipinski definition) is 5. The second-order valence-corrected chi connectivity index (χ2v) is 7.11. The lowest BCUT2D eigenvalue weighted by atomic mass is 9.92. The van der Waals surface area contributed by atoms with E-state index in [1.54, 1.807) is 42.6 Å². The topological polar surface area (TPSA) is 85.8 Å². The third kappa shape index (κ3) is 3.94. The molecule has 6 nitrogen and oxygen atoms in total. The number of hydrogen-bond donors (Lipinski definition) is 2. The molecule has 0 amide bonds. The average molecular weight is 379 g/mol. The van der Waals surface area contributed by atoms with Crippen LogP contribution in [-0.4, -0.2) is 26.6 Å². The number of benzene rings is 1. The molecule has 2 heterocycles. The molecule has 0 bridgehead atoms. The van der Waals surface area contributed by atoms with Crippen LogP contribution in [0.15, 0.2) is 59.7 Å². The molecule has 7 heteroatoms. The van der Waals surface area contributed by atoms with Gasteiger partial charge in [0.05, 0.1) is 6.20 Å². The fourth-order valence-corrected chi connectivity index (χ4v) is 3.53. The summed E-state index contributed by atoms with van der Waals surface area (Å²) < 4.78 is 16.0. The van der Waals surface area contributed by atoms with Gasteiger partial charge in [0.15, 0.2) is 5.82 Å². The van der Waals surface area contributed by atoms with Crippen LogP contribution in [-0.2, 0) is 0 Å². The fraction of sp³-hybridized carbons (Fsp3) is 0.286. The van der Waals surface area contributed by atoms with Crippen LogP contribution in [0, 0.1) is 5.82 Å². The Labute approximate surface area is 162 Å². The molecule has 0 radical (unpaired) electrons. The van der Waals surface area contributed by atoms with Crippen LogP contribution in [0.4, 0.5) is 10.3 Å². The van der Waals surface area contributed by atoms with E-state index in [4.69, 9.17) is 5.73 Å². The lowest BCUT2D eigenvalue weighted by molar-refractivity contribution is 0.409. The first kappa shape index (κ1) is 18.3. The number of pyridine rings is 1. The highest BCUT2D eigenvalue weighted by atomic mass is 19.1. The molecule has 0 spiro atoms. The molecule has 0 unspecified atom stereocenters. The highest BCUT2D eigenvalue weighted by molar-refractivity contribution is 5.63. The normalized spacial score (nSPS) is 19.4. The summed E-state index contributed by atoms with van der Waals surface area (Å²) in [5.41, 5.74) is 7.24. The number of rotatable bonds is 4. The van der Waals surface area contributed by atoms with Crippen LogP contribution in [0.5, 0.6) is 0 Å². The van der Waals surface area contributed by atoms with Gasteiger partial charge in [-0.1, -0.05) is 18.2 Å². The number of anilines is 1. The van der Waals surface area contributed by atoms with E-state index in [-0.39, 0.29) is 23.3 Å². The molecule has 1 aromatic carbocycles. The standard InChI is InChI=1S/C21H22FN5O/c22-18-13-24-21(25-16-9-7-15(23)8-10-16)26-20(18)14-4-3-5-17(12-14)27-11-2-1-6-19(27)28/h1-6,11-13,15-16H,7-10,23H2,(H,24,25,26). The first-order chi connectivity index (χ1) is 13.6. The SMILES string of the molecule is NC1CCC(Nc2ncc(F)c(-c3cccc(-n4ccccc4=O)c3)n2)CC1. The van der Waals surface area contributed by atoms with Crippen LogP contribution in [0.25, 0.3) is 16.9 Å². The molecule has 1 aliphatic rings. The lowest BCUT2D eigenvalue weighted by Crippen LogP contribution is -2.33. The summed E-state index contributed by atoms with van der Waals surface area (Å²) in [6.07, 6.45) is 6.67. The minimum atomic E-state index is -0.506. The number of nitrogens with one attached hydrogen (secondary N) is 1. The van der Waals surface area contributed by atoms with Gasteiger partial charge in [0.25, 0.3) is 5.56 Å². The van der Waals surface area contributed by atoms with Gasteiger partial charge in [0, 0.05) is 35.6 Å². The molecule has 3 N–H and O–H groups in total. The van der Waals surface area contributed by atoms with Gasteiger partial charge in [-0.2, -0.15) is 0 Å². The molecule has 0 aliphatic heterocycles. The van der Waals surface area contributed by atoms with Crippen LogP contribution < -0.4 is 16.6 Å². The molecule has 3 aromatic rings. The molecule has 0 atom stereocenters. The quantitative estimate of drug-likeness (QED) is 0.727. The molecule has 28 heavy (non-hydrogen) atoms. The average Bonchev–Trinajstić information content (AvgIpc) is 2.71. The fourth-order valence-electron chi connectivity index (χ4n) is 3.53. The predicted molar refractivity (Wildman–Crippen MR) is 107 cm³/mol. The van der Waals surface area contributed by atoms with Gasteiger partial charge in [-0.3, -0.25) is 9.36 Å². The Morgan fingerprint density at radius 3 is 2.71 bits per heavy atom. The number of aromatic nitrogens is 3. The van der Waals surface area contributed by atoms with Crippen molar-refractivity contribution in [3.8, 4) is 16.9 Å². The Morgan fingerprint density at radius 1 is 1.11 bits per heavy atom. The van der Waals surface area contributed by atoms with Crippen LogP contribution in [0.1, 0.15) is 25.7 Å². The van der Waals surface area contributed by atoms with Crippen molar-refractivity contribution in [3.63, 3.8) is 0 Å². The van der Waals surface area contributed by atoms with Crippen LogP contribution in [0.3, 0.4) is 0 Å². The maximum Gasteiger partial charge on any atom is 0.255 e. The van der Waals surface area contributed by atoms with Gasteiger partial charge < -0.3 is 11.1 Å². The Balaban J connectivity index is 1.63. The van der Waals surface area contributed by atoms with Gasteiger partial charge in [-0.05, 0) is 43.9 Å². The van der Waals surface area contributed by atoms with Gasteiger partial charge in [-0.15, -0.1) is 0 Å². The second-order valence-electron chi connectivity index (χ2n) is 7.11. The summed E-state index contributed by atoms with van der Waals surface area (Å²) in [6.45, 7) is 0. The van der Waals surface area contributed by atoms with Crippen molar-refractivity contribution in [3.05, 3.63) is 71.0 Å². The summed E-state index contributed by atoms with van der Waals surface area (Å²) in [6, 6.07) is 12.5. The van der Waals surface area contributed by atoms with Crippen LogP contribution >= 0.6 is 0 Å². The largest absolute Gasteiger partial charge is 0.351 e. The third-order valence-corrected chi connectivity index (χ3v) is 5.07. The van der Waals surface area contributed by atoms with Crippen molar-refractivity contribution < 1.29 is 4.39 Å². The summed E-state index contributed by atoms with van der Waals surface area (Å²) >= 11 is 0. The van der Waals surface area contributed by atoms with E-state index in [1.807, 2.05) is 0 Å². The number of halogens is 1. The maximum atomic E-state index is 14.5. The Kier molecular flexibility index (Phi) is 5.16. The van der Waals surface area contributed by atoms with E-state index in [9.17, 15) is 9.18 Å². The molecule has 1 fully saturated rings. The molecular weight excluding hydrogens is 357 g/mol. The first-order valence-electron chi connectivity index (χ1n) is 9.43. The minimum Gasteiger partial charge on any atom is -0.351 e. The van der Waals surface area contributed by atoms with E-state index in [2.05, 4.69) is 15.3 Å². The molecule has 1 saturated carbocycles. The van der Waals surface area contributed by atoms with Crippen LogP contribution in [0.2, 0.25) is 0 Å². The second kappa shape index (κ2) is 7.90. The Hall–Kier alpha value is -3.06. The maximum absolute atomic E-state index is 14.5. The molecule has 144 valence electrons. The molecular formula is C21H22FN5O. The zero-order chi connectivity index (χ0) is 19.5. The lowest BCUT2D eigenvalue weighted by Gasteiger charge is -2.26. The Bertz CT molecular complexity index is 1030. The van der Waals surface area contributed by atoms with E-state index in [0.29, 0.717) is 17.2 Å². The van der Waals surface area contributed by atoms with Gasteiger partial charge in [-0.25, -0.2) is 14.4 Å². The zero-order valence-electron chi connectivity index (χ0n) is 15.4. The highest BCUT2D eigenvalue weighted by Gasteiger charge is 2.20. The van der Waals surface area contributed by atoms with E-state index < -0.39 is 5.82 Å². The zero-order valence-corrected chi connectivity index (χ0v) is 15.4. The summed E-state index contributed by atoms with van der Waals surface area (Å²) in [5.74, 6) is -0.104. The molecule has 1 aliphatic carbocycles. The molecule has 4 rings (SSSR count). The monoisotopic (exact) mass is 379 g/mol. The van der Waals surface area contributed by atoms with E-state index in [0.717, 1.165) is 25.7 Å². The van der Waals surface area contributed by atoms with Crippen molar-refractivity contribution in [2.24, 2.45) is 5.73 Å². The van der Waals surface area contributed by atoms with Gasteiger partial charge in [0.2, 0.25) is 5.95 Å². The molecule has 0 saturated heterocycles. The Morgan fingerprint density at radius 2 is 1.93 bits per heavy atom. The minimum absolute atomic E-state index is 0.152. The number of nitrogens with two attached hydrogens (primary N) is 1. The third-order valence-electron chi connectivity index (χ3n) is 5.07. The highest BCUT2D eigenvalue weighted by Crippen LogP contribution is 2.25.